The zero-order valence-corrected chi connectivity index (χ0v) is 16.1. The van der Waals surface area contributed by atoms with Crippen molar-refractivity contribution >= 4 is 23.8 Å². The van der Waals surface area contributed by atoms with Crippen LogP contribution in [0.3, 0.4) is 0 Å². The van der Waals surface area contributed by atoms with E-state index in [4.69, 9.17) is 9.47 Å². The van der Waals surface area contributed by atoms with Gasteiger partial charge in [0, 0.05) is 26.2 Å². The molecule has 1 aromatic heterocycles. The fourth-order valence-electron chi connectivity index (χ4n) is 3.10. The molecule has 148 valence electrons. The van der Waals surface area contributed by atoms with Gasteiger partial charge in [-0.1, -0.05) is 6.07 Å². The summed E-state index contributed by atoms with van der Waals surface area (Å²) in [5.41, 5.74) is 1.79. The van der Waals surface area contributed by atoms with Crippen molar-refractivity contribution in [2.24, 2.45) is 0 Å². The number of nitrogens with one attached hydrogen (secondary N) is 1. The second-order valence-electron chi connectivity index (χ2n) is 6.44. The third kappa shape index (κ3) is 4.70. The van der Waals surface area contributed by atoms with E-state index >= 15 is 0 Å². The first-order valence-corrected chi connectivity index (χ1v) is 9.04. The van der Waals surface area contributed by atoms with Gasteiger partial charge in [0.05, 0.1) is 32.5 Å². The van der Waals surface area contributed by atoms with Crippen molar-refractivity contribution in [2.75, 3.05) is 50.6 Å². The van der Waals surface area contributed by atoms with Gasteiger partial charge < -0.3 is 24.6 Å². The predicted octanol–water partition coefficient (Wildman–Crippen LogP) is 1.56. The van der Waals surface area contributed by atoms with Crippen molar-refractivity contribution in [3.63, 3.8) is 0 Å². The minimum Gasteiger partial charge on any atom is -0.493 e. The van der Waals surface area contributed by atoms with E-state index < -0.39 is 0 Å². The van der Waals surface area contributed by atoms with Crippen LogP contribution in [0.1, 0.15) is 5.56 Å². The maximum atomic E-state index is 12.3. The van der Waals surface area contributed by atoms with Crippen molar-refractivity contribution < 1.29 is 19.1 Å². The first kappa shape index (κ1) is 19.5. The molecule has 1 aliphatic heterocycles. The Hall–Kier alpha value is -3.29. The molecular weight excluding hydrogens is 360 g/mol. The average Bonchev–Trinajstić information content (AvgIpc) is 2.74. The Morgan fingerprint density at radius 2 is 1.86 bits per heavy atom. The maximum absolute atomic E-state index is 12.3. The molecule has 8 heteroatoms. The molecule has 1 fully saturated rings. The normalized spacial score (nSPS) is 13.8. The number of ether oxygens (including phenoxy) is 2. The van der Waals surface area contributed by atoms with Gasteiger partial charge in [-0.15, -0.1) is 0 Å². The lowest BCUT2D eigenvalue weighted by Crippen LogP contribution is -2.45. The SMILES string of the molecule is COc1ccc(CC(=O)Nc2ccc(N3CCN(C=O)CC3)cn2)cc1OC. The summed E-state index contributed by atoms with van der Waals surface area (Å²) >= 11 is 0. The lowest BCUT2D eigenvalue weighted by atomic mass is 10.1. The molecule has 0 saturated carbocycles. The maximum Gasteiger partial charge on any atom is 0.229 e. The van der Waals surface area contributed by atoms with E-state index in [1.165, 1.54) is 0 Å². The number of hydrogen-bond acceptors (Lipinski definition) is 6. The number of aromatic nitrogens is 1. The Bertz CT molecular complexity index is 817. The summed E-state index contributed by atoms with van der Waals surface area (Å²) < 4.78 is 10.5. The monoisotopic (exact) mass is 384 g/mol. The molecule has 0 atom stereocenters. The van der Waals surface area contributed by atoms with Crippen LogP contribution in [-0.2, 0) is 16.0 Å². The Morgan fingerprint density at radius 1 is 1.11 bits per heavy atom. The number of nitrogens with zero attached hydrogens (tertiary/aromatic N) is 3. The van der Waals surface area contributed by atoms with Gasteiger partial charge in [-0.3, -0.25) is 9.59 Å². The quantitative estimate of drug-likeness (QED) is 0.730. The summed E-state index contributed by atoms with van der Waals surface area (Å²) in [7, 11) is 3.13. The molecule has 2 heterocycles. The predicted molar refractivity (Wildman–Crippen MR) is 106 cm³/mol. The van der Waals surface area contributed by atoms with E-state index in [1.807, 2.05) is 12.1 Å². The lowest BCUT2D eigenvalue weighted by Gasteiger charge is -2.33. The van der Waals surface area contributed by atoms with Gasteiger partial charge >= 0.3 is 0 Å². The fraction of sp³-hybridized carbons (Fsp3) is 0.350. The third-order valence-corrected chi connectivity index (χ3v) is 4.66. The molecule has 2 amide bonds. The van der Waals surface area contributed by atoms with Crippen LogP contribution >= 0.6 is 0 Å². The lowest BCUT2D eigenvalue weighted by molar-refractivity contribution is -0.118. The van der Waals surface area contributed by atoms with E-state index in [-0.39, 0.29) is 12.3 Å². The molecule has 1 aliphatic rings. The highest BCUT2D eigenvalue weighted by molar-refractivity contribution is 5.91. The summed E-state index contributed by atoms with van der Waals surface area (Å²) in [6, 6.07) is 9.10. The van der Waals surface area contributed by atoms with Crippen molar-refractivity contribution in [3.05, 3.63) is 42.1 Å². The van der Waals surface area contributed by atoms with Crippen molar-refractivity contribution in [2.45, 2.75) is 6.42 Å². The minimum absolute atomic E-state index is 0.160. The molecule has 0 bridgehead atoms. The number of carbonyl (C=O) groups is 2. The molecule has 0 spiro atoms. The summed E-state index contributed by atoms with van der Waals surface area (Å²) in [4.78, 5) is 31.4. The van der Waals surface area contributed by atoms with Crippen LogP contribution in [-0.4, -0.2) is 62.6 Å². The Morgan fingerprint density at radius 3 is 2.46 bits per heavy atom. The van der Waals surface area contributed by atoms with Gasteiger partial charge in [-0.05, 0) is 29.8 Å². The molecule has 0 aliphatic carbocycles. The molecule has 2 aromatic rings. The van der Waals surface area contributed by atoms with Gasteiger partial charge in [0.15, 0.2) is 11.5 Å². The summed E-state index contributed by atoms with van der Waals surface area (Å²) in [5.74, 6) is 1.55. The Kier molecular flexibility index (Phi) is 6.31. The second-order valence-corrected chi connectivity index (χ2v) is 6.44. The zero-order valence-electron chi connectivity index (χ0n) is 16.1. The van der Waals surface area contributed by atoms with Gasteiger partial charge in [-0.2, -0.15) is 0 Å². The summed E-state index contributed by atoms with van der Waals surface area (Å²) in [6.07, 6.45) is 2.83. The molecule has 8 nitrogen and oxygen atoms in total. The van der Waals surface area contributed by atoms with Crippen LogP contribution < -0.4 is 19.7 Å². The Labute approximate surface area is 164 Å². The van der Waals surface area contributed by atoms with Crippen LogP contribution in [0, 0.1) is 0 Å². The van der Waals surface area contributed by atoms with E-state index in [0.29, 0.717) is 30.4 Å². The molecule has 0 radical (unpaired) electrons. The molecule has 1 N–H and O–H groups in total. The van der Waals surface area contributed by atoms with Gasteiger partial charge in [-0.25, -0.2) is 4.98 Å². The highest BCUT2D eigenvalue weighted by Crippen LogP contribution is 2.27. The van der Waals surface area contributed by atoms with Crippen LogP contribution in [0.4, 0.5) is 11.5 Å². The van der Waals surface area contributed by atoms with Crippen LogP contribution in [0.2, 0.25) is 0 Å². The number of rotatable bonds is 7. The fourth-order valence-corrected chi connectivity index (χ4v) is 3.10. The second kappa shape index (κ2) is 9.07. The topological polar surface area (TPSA) is 84.0 Å². The van der Waals surface area contributed by atoms with Gasteiger partial charge in [0.1, 0.15) is 5.82 Å². The van der Waals surface area contributed by atoms with Gasteiger partial charge in [0.25, 0.3) is 0 Å². The molecular formula is C20H24N4O4. The van der Waals surface area contributed by atoms with E-state index in [2.05, 4.69) is 15.2 Å². The molecule has 0 unspecified atom stereocenters. The molecule has 28 heavy (non-hydrogen) atoms. The van der Waals surface area contributed by atoms with Crippen molar-refractivity contribution in [3.8, 4) is 11.5 Å². The van der Waals surface area contributed by atoms with E-state index in [0.717, 1.165) is 30.8 Å². The van der Waals surface area contributed by atoms with Crippen LogP contribution in [0.5, 0.6) is 11.5 Å². The summed E-state index contributed by atoms with van der Waals surface area (Å²) in [6.45, 7) is 2.94. The van der Waals surface area contributed by atoms with E-state index in [1.54, 1.807) is 43.5 Å². The smallest absolute Gasteiger partial charge is 0.229 e. The standard InChI is InChI=1S/C20H24N4O4/c1-27-17-5-3-15(11-18(17)28-2)12-20(26)22-19-6-4-16(13-21-19)24-9-7-23(14-25)8-10-24/h3-6,11,13-14H,7-10,12H2,1-2H3,(H,21,22,26). The van der Waals surface area contributed by atoms with E-state index in [9.17, 15) is 9.59 Å². The molecule has 3 rings (SSSR count). The number of methoxy groups -OCH3 is 2. The molecule has 1 aromatic carbocycles. The number of piperazine rings is 1. The number of pyridine rings is 1. The number of hydrogen-bond donors (Lipinski definition) is 1. The van der Waals surface area contributed by atoms with Crippen molar-refractivity contribution in [1.29, 1.82) is 0 Å². The van der Waals surface area contributed by atoms with Crippen LogP contribution in [0.25, 0.3) is 0 Å². The Balaban J connectivity index is 1.57. The van der Waals surface area contributed by atoms with Crippen molar-refractivity contribution in [1.82, 2.24) is 9.88 Å². The van der Waals surface area contributed by atoms with Gasteiger partial charge in [0.2, 0.25) is 12.3 Å². The third-order valence-electron chi connectivity index (χ3n) is 4.66. The zero-order chi connectivity index (χ0) is 19.9. The van der Waals surface area contributed by atoms with Crippen LogP contribution in [0.15, 0.2) is 36.5 Å². The first-order valence-electron chi connectivity index (χ1n) is 9.04. The number of carbonyl (C=O) groups excluding carboxylic acids is 2. The number of anilines is 2. The largest absolute Gasteiger partial charge is 0.493 e. The number of amides is 2. The minimum atomic E-state index is -0.160. The summed E-state index contributed by atoms with van der Waals surface area (Å²) in [5, 5.41) is 2.81. The number of benzene rings is 1. The highest BCUT2D eigenvalue weighted by atomic mass is 16.5. The average molecular weight is 384 g/mol. The molecule has 1 saturated heterocycles. The first-order chi connectivity index (χ1) is 13.6. The highest BCUT2D eigenvalue weighted by Gasteiger charge is 2.16.